The second kappa shape index (κ2) is 3.96. The number of fused-ring (bicyclic) bond motifs is 1. The van der Waals surface area contributed by atoms with E-state index in [0.29, 0.717) is 23.3 Å². The van der Waals surface area contributed by atoms with E-state index in [2.05, 4.69) is 9.97 Å². The standard InChI is InChI=1S/C10H12FN3O/c11-6-2-1-3-8-9(6)14-10(13-8)7(12)4-5-15/h1-3,7,15H,4-5,12H2,(H,13,14)/t7-/m1/s1. The monoisotopic (exact) mass is 209 g/mol. The second-order valence-electron chi connectivity index (χ2n) is 3.38. The van der Waals surface area contributed by atoms with Crippen molar-refractivity contribution in [2.45, 2.75) is 12.5 Å². The molecule has 4 N–H and O–H groups in total. The van der Waals surface area contributed by atoms with E-state index in [-0.39, 0.29) is 18.5 Å². The van der Waals surface area contributed by atoms with Gasteiger partial charge in [0.1, 0.15) is 11.3 Å². The normalized spacial score (nSPS) is 13.3. The van der Waals surface area contributed by atoms with E-state index < -0.39 is 0 Å². The maximum Gasteiger partial charge on any atom is 0.151 e. The van der Waals surface area contributed by atoms with Crippen molar-refractivity contribution in [1.29, 1.82) is 0 Å². The zero-order valence-electron chi connectivity index (χ0n) is 8.07. The zero-order chi connectivity index (χ0) is 10.8. The Hall–Kier alpha value is -1.46. The van der Waals surface area contributed by atoms with Gasteiger partial charge in [0.2, 0.25) is 0 Å². The largest absolute Gasteiger partial charge is 0.396 e. The van der Waals surface area contributed by atoms with Crippen LogP contribution in [0.3, 0.4) is 0 Å². The Bertz CT molecular complexity index is 469. The summed E-state index contributed by atoms with van der Waals surface area (Å²) in [5, 5.41) is 8.73. The van der Waals surface area contributed by atoms with Crippen LogP contribution >= 0.6 is 0 Å². The van der Waals surface area contributed by atoms with E-state index in [1.165, 1.54) is 6.07 Å². The quantitative estimate of drug-likeness (QED) is 0.708. The molecule has 0 bridgehead atoms. The number of hydrogen-bond acceptors (Lipinski definition) is 3. The summed E-state index contributed by atoms with van der Waals surface area (Å²) >= 11 is 0. The molecule has 0 radical (unpaired) electrons. The molecule has 1 aromatic heterocycles. The molecule has 2 aromatic rings. The topological polar surface area (TPSA) is 74.9 Å². The van der Waals surface area contributed by atoms with E-state index in [9.17, 15) is 4.39 Å². The highest BCUT2D eigenvalue weighted by molar-refractivity contribution is 5.75. The Morgan fingerprint density at radius 1 is 1.53 bits per heavy atom. The number of para-hydroxylation sites is 1. The molecule has 0 aliphatic carbocycles. The Balaban J connectivity index is 2.43. The highest BCUT2D eigenvalue weighted by Gasteiger charge is 2.12. The number of imidazole rings is 1. The number of hydrogen-bond donors (Lipinski definition) is 3. The Labute approximate surface area is 85.9 Å². The van der Waals surface area contributed by atoms with Crippen LogP contribution in [-0.2, 0) is 0 Å². The predicted octanol–water partition coefficient (Wildman–Crippen LogP) is 1.08. The minimum Gasteiger partial charge on any atom is -0.396 e. The number of nitrogens with zero attached hydrogens (tertiary/aromatic N) is 1. The van der Waals surface area contributed by atoms with Gasteiger partial charge in [0.05, 0.1) is 11.6 Å². The number of benzene rings is 1. The highest BCUT2D eigenvalue weighted by atomic mass is 19.1. The molecular formula is C10H12FN3O. The van der Waals surface area contributed by atoms with E-state index in [1.807, 2.05) is 0 Å². The summed E-state index contributed by atoms with van der Waals surface area (Å²) < 4.78 is 13.3. The van der Waals surface area contributed by atoms with Crippen LogP contribution < -0.4 is 5.73 Å². The molecule has 2 rings (SSSR count). The van der Waals surface area contributed by atoms with Crippen molar-refractivity contribution in [2.24, 2.45) is 5.73 Å². The van der Waals surface area contributed by atoms with Gasteiger partial charge in [0, 0.05) is 6.61 Å². The van der Waals surface area contributed by atoms with Crippen molar-refractivity contribution in [3.63, 3.8) is 0 Å². The minimum absolute atomic E-state index is 0.0132. The molecule has 0 fully saturated rings. The summed E-state index contributed by atoms with van der Waals surface area (Å²) in [4.78, 5) is 7.00. The third kappa shape index (κ3) is 1.84. The summed E-state index contributed by atoms with van der Waals surface area (Å²) in [6.45, 7) is -0.0132. The van der Waals surface area contributed by atoms with Gasteiger partial charge >= 0.3 is 0 Å². The fraction of sp³-hybridized carbons (Fsp3) is 0.300. The van der Waals surface area contributed by atoms with Crippen LogP contribution in [0.5, 0.6) is 0 Å². The van der Waals surface area contributed by atoms with Crippen LogP contribution in [0.2, 0.25) is 0 Å². The Kier molecular flexibility index (Phi) is 2.66. The first-order chi connectivity index (χ1) is 7.22. The van der Waals surface area contributed by atoms with Crippen molar-refractivity contribution >= 4 is 11.0 Å². The molecule has 0 aliphatic heterocycles. The third-order valence-electron chi connectivity index (χ3n) is 2.27. The SMILES string of the molecule is N[C@H](CCO)c1nc2c(F)cccc2[nH]1. The number of nitrogens with one attached hydrogen (secondary N) is 1. The van der Waals surface area contributed by atoms with Crippen molar-refractivity contribution in [2.75, 3.05) is 6.61 Å². The molecule has 80 valence electrons. The molecule has 1 heterocycles. The van der Waals surface area contributed by atoms with Crippen molar-refractivity contribution in [1.82, 2.24) is 9.97 Å². The summed E-state index contributed by atoms with van der Waals surface area (Å²) in [5.74, 6) is 0.135. The number of aromatic amines is 1. The number of aromatic nitrogens is 2. The average Bonchev–Trinajstić information content (AvgIpc) is 2.63. The lowest BCUT2D eigenvalue weighted by Crippen LogP contribution is -2.13. The summed E-state index contributed by atoms with van der Waals surface area (Å²) in [5.41, 5.74) is 6.66. The maximum absolute atomic E-state index is 13.3. The molecule has 1 aromatic carbocycles. The molecule has 0 saturated carbocycles. The van der Waals surface area contributed by atoms with E-state index >= 15 is 0 Å². The van der Waals surface area contributed by atoms with Crippen LogP contribution in [0, 0.1) is 5.82 Å². The molecule has 0 aliphatic rings. The first kappa shape index (κ1) is 10.1. The number of halogens is 1. The van der Waals surface area contributed by atoms with Gasteiger partial charge in [-0.2, -0.15) is 0 Å². The Morgan fingerprint density at radius 2 is 2.33 bits per heavy atom. The average molecular weight is 209 g/mol. The number of nitrogens with two attached hydrogens (primary N) is 1. The molecule has 5 heteroatoms. The number of aliphatic hydroxyl groups is 1. The van der Waals surface area contributed by atoms with Gasteiger partial charge in [-0.05, 0) is 18.6 Å². The molecule has 0 spiro atoms. The van der Waals surface area contributed by atoms with Crippen LogP contribution in [0.25, 0.3) is 11.0 Å². The van der Waals surface area contributed by atoms with Crippen LogP contribution in [0.15, 0.2) is 18.2 Å². The van der Waals surface area contributed by atoms with Gasteiger partial charge in [-0.15, -0.1) is 0 Å². The first-order valence-corrected chi connectivity index (χ1v) is 4.73. The van der Waals surface area contributed by atoms with Gasteiger partial charge in [-0.3, -0.25) is 0 Å². The summed E-state index contributed by atoms with van der Waals surface area (Å²) in [6.07, 6.45) is 0.404. The molecule has 4 nitrogen and oxygen atoms in total. The maximum atomic E-state index is 13.3. The highest BCUT2D eigenvalue weighted by Crippen LogP contribution is 2.18. The van der Waals surface area contributed by atoms with Crippen molar-refractivity contribution in [3.8, 4) is 0 Å². The Morgan fingerprint density at radius 3 is 3.00 bits per heavy atom. The summed E-state index contributed by atoms with van der Waals surface area (Å²) in [6, 6.07) is 4.31. The predicted molar refractivity (Wildman–Crippen MR) is 54.7 cm³/mol. The summed E-state index contributed by atoms with van der Waals surface area (Å²) in [7, 11) is 0. The number of aliphatic hydroxyl groups excluding tert-OH is 1. The molecule has 0 unspecified atom stereocenters. The van der Waals surface area contributed by atoms with Gasteiger partial charge in [-0.25, -0.2) is 9.37 Å². The smallest absolute Gasteiger partial charge is 0.151 e. The molecule has 15 heavy (non-hydrogen) atoms. The first-order valence-electron chi connectivity index (χ1n) is 4.73. The minimum atomic E-state index is -0.387. The van der Waals surface area contributed by atoms with Crippen LogP contribution in [-0.4, -0.2) is 21.7 Å². The van der Waals surface area contributed by atoms with E-state index in [4.69, 9.17) is 10.8 Å². The van der Waals surface area contributed by atoms with Crippen LogP contribution in [0.4, 0.5) is 4.39 Å². The van der Waals surface area contributed by atoms with Gasteiger partial charge < -0.3 is 15.8 Å². The molecule has 0 amide bonds. The van der Waals surface area contributed by atoms with Gasteiger partial charge in [-0.1, -0.05) is 6.07 Å². The lowest BCUT2D eigenvalue weighted by Gasteiger charge is -2.04. The lowest BCUT2D eigenvalue weighted by molar-refractivity contribution is 0.275. The fourth-order valence-electron chi connectivity index (χ4n) is 1.47. The molecule has 1 atom stereocenters. The van der Waals surface area contributed by atoms with Gasteiger partial charge in [0.15, 0.2) is 5.82 Å². The number of H-pyrrole nitrogens is 1. The number of rotatable bonds is 3. The van der Waals surface area contributed by atoms with Gasteiger partial charge in [0.25, 0.3) is 0 Å². The van der Waals surface area contributed by atoms with E-state index in [1.54, 1.807) is 12.1 Å². The second-order valence-corrected chi connectivity index (χ2v) is 3.38. The molecular weight excluding hydrogens is 197 g/mol. The van der Waals surface area contributed by atoms with Crippen molar-refractivity contribution in [3.05, 3.63) is 29.8 Å². The van der Waals surface area contributed by atoms with Crippen LogP contribution in [0.1, 0.15) is 18.3 Å². The lowest BCUT2D eigenvalue weighted by atomic mass is 10.2. The third-order valence-corrected chi connectivity index (χ3v) is 2.27. The zero-order valence-corrected chi connectivity index (χ0v) is 8.07. The molecule has 0 saturated heterocycles. The fourth-order valence-corrected chi connectivity index (χ4v) is 1.47. The van der Waals surface area contributed by atoms with Crippen molar-refractivity contribution < 1.29 is 9.50 Å². The van der Waals surface area contributed by atoms with E-state index in [0.717, 1.165) is 0 Å².